The van der Waals surface area contributed by atoms with Gasteiger partial charge in [-0.15, -0.1) is 11.3 Å². The van der Waals surface area contributed by atoms with Crippen LogP contribution < -0.4 is 5.73 Å². The average molecular weight is 283 g/mol. The molecule has 1 unspecified atom stereocenters. The molecule has 0 aliphatic rings. The van der Waals surface area contributed by atoms with E-state index in [-0.39, 0.29) is 6.04 Å². The van der Waals surface area contributed by atoms with E-state index in [1.165, 1.54) is 4.88 Å². The Morgan fingerprint density at radius 3 is 2.75 bits per heavy atom. The van der Waals surface area contributed by atoms with Crippen LogP contribution in [0.3, 0.4) is 0 Å². The van der Waals surface area contributed by atoms with Gasteiger partial charge in [0.15, 0.2) is 0 Å². The van der Waals surface area contributed by atoms with Gasteiger partial charge in [-0.25, -0.2) is 4.98 Å². The third-order valence-electron chi connectivity index (χ3n) is 3.40. The van der Waals surface area contributed by atoms with Gasteiger partial charge in [-0.3, -0.25) is 0 Å². The van der Waals surface area contributed by atoms with E-state index < -0.39 is 0 Å². The molecule has 0 aliphatic carbocycles. The highest BCUT2D eigenvalue weighted by Gasteiger charge is 2.13. The molecule has 3 rings (SSSR count). The van der Waals surface area contributed by atoms with Gasteiger partial charge in [-0.05, 0) is 23.4 Å². The molecule has 102 valence electrons. The van der Waals surface area contributed by atoms with Crippen LogP contribution in [0.15, 0.2) is 60.4 Å². The lowest BCUT2D eigenvalue weighted by atomic mass is 10.1. The van der Waals surface area contributed by atoms with Crippen LogP contribution in [0.4, 0.5) is 0 Å². The summed E-state index contributed by atoms with van der Waals surface area (Å²) in [5, 5.41) is 2.11. The van der Waals surface area contributed by atoms with Crippen molar-refractivity contribution in [2.75, 3.05) is 0 Å². The second-order valence-electron chi connectivity index (χ2n) is 4.73. The van der Waals surface area contributed by atoms with Gasteiger partial charge in [0.05, 0.1) is 24.3 Å². The molecule has 0 aliphatic heterocycles. The second kappa shape index (κ2) is 6.03. The Morgan fingerprint density at radius 1 is 1.15 bits per heavy atom. The number of nitrogens with zero attached hydrogens (tertiary/aromatic N) is 2. The minimum Gasteiger partial charge on any atom is -0.333 e. The summed E-state index contributed by atoms with van der Waals surface area (Å²) < 4.78 is 2.15. The van der Waals surface area contributed by atoms with E-state index in [0.717, 1.165) is 24.2 Å². The fourth-order valence-electron chi connectivity index (χ4n) is 2.29. The van der Waals surface area contributed by atoms with Crippen molar-refractivity contribution < 1.29 is 0 Å². The fourth-order valence-corrected chi connectivity index (χ4v) is 2.99. The zero-order valence-electron chi connectivity index (χ0n) is 11.1. The number of nitrogens with two attached hydrogens (primary N) is 1. The highest BCUT2D eigenvalue weighted by Crippen LogP contribution is 2.19. The third kappa shape index (κ3) is 2.81. The maximum absolute atomic E-state index is 6.35. The number of hydrogen-bond acceptors (Lipinski definition) is 3. The van der Waals surface area contributed by atoms with E-state index in [1.807, 2.05) is 30.7 Å². The summed E-state index contributed by atoms with van der Waals surface area (Å²) in [4.78, 5) is 5.64. The minimum atomic E-state index is -0.123. The second-order valence-corrected chi connectivity index (χ2v) is 5.76. The number of aromatic nitrogens is 2. The Hall–Kier alpha value is -1.91. The van der Waals surface area contributed by atoms with Crippen LogP contribution in [0, 0.1) is 0 Å². The van der Waals surface area contributed by atoms with Crippen LogP contribution in [0.1, 0.15) is 22.2 Å². The first kappa shape index (κ1) is 13.1. The molecule has 0 radical (unpaired) electrons. The zero-order chi connectivity index (χ0) is 13.8. The molecule has 0 bridgehead atoms. The third-order valence-corrected chi connectivity index (χ3v) is 4.34. The smallest absolute Gasteiger partial charge is 0.0948 e. The summed E-state index contributed by atoms with van der Waals surface area (Å²) in [6.07, 6.45) is 4.75. The first-order chi connectivity index (χ1) is 9.84. The number of rotatable bonds is 5. The Balaban J connectivity index is 1.76. The number of hydrogen-bond donors (Lipinski definition) is 1. The molecule has 3 aromatic rings. The van der Waals surface area contributed by atoms with Crippen molar-refractivity contribution in [3.63, 3.8) is 0 Å². The van der Waals surface area contributed by atoms with Crippen LogP contribution >= 0.6 is 11.3 Å². The van der Waals surface area contributed by atoms with Crippen molar-refractivity contribution in [2.24, 2.45) is 5.73 Å². The number of thiophene rings is 1. The molecule has 2 heterocycles. The van der Waals surface area contributed by atoms with Crippen LogP contribution in [0.2, 0.25) is 0 Å². The lowest BCUT2D eigenvalue weighted by Crippen LogP contribution is -2.17. The van der Waals surface area contributed by atoms with Crippen molar-refractivity contribution in [1.29, 1.82) is 0 Å². The van der Waals surface area contributed by atoms with Crippen molar-refractivity contribution in [3.8, 4) is 0 Å². The minimum absolute atomic E-state index is 0.123. The molecule has 20 heavy (non-hydrogen) atoms. The molecule has 4 heteroatoms. The predicted molar refractivity (Wildman–Crippen MR) is 82.7 cm³/mol. The highest BCUT2D eigenvalue weighted by atomic mass is 32.1. The summed E-state index contributed by atoms with van der Waals surface area (Å²) >= 11 is 1.79. The van der Waals surface area contributed by atoms with Crippen LogP contribution in [0.5, 0.6) is 0 Å². The molecule has 1 atom stereocenters. The van der Waals surface area contributed by atoms with E-state index in [9.17, 15) is 0 Å². The molecule has 0 saturated carbocycles. The van der Waals surface area contributed by atoms with Gasteiger partial charge in [-0.1, -0.05) is 36.4 Å². The van der Waals surface area contributed by atoms with Gasteiger partial charge in [-0.2, -0.15) is 0 Å². The highest BCUT2D eigenvalue weighted by molar-refractivity contribution is 7.09. The quantitative estimate of drug-likeness (QED) is 0.781. The number of imidazole rings is 1. The SMILES string of the molecule is NC(c1ccccc1)c1cncn1CCc1cccs1. The fraction of sp³-hybridized carbons (Fsp3) is 0.188. The summed E-state index contributed by atoms with van der Waals surface area (Å²) in [7, 11) is 0. The van der Waals surface area contributed by atoms with Gasteiger partial charge in [0.2, 0.25) is 0 Å². The predicted octanol–water partition coefficient (Wildman–Crippen LogP) is 3.24. The van der Waals surface area contributed by atoms with E-state index in [4.69, 9.17) is 5.73 Å². The van der Waals surface area contributed by atoms with E-state index in [0.29, 0.717) is 0 Å². The van der Waals surface area contributed by atoms with Crippen LogP contribution in [0.25, 0.3) is 0 Å². The Bertz CT molecular complexity index is 643. The molecule has 0 saturated heterocycles. The molecular weight excluding hydrogens is 266 g/mol. The van der Waals surface area contributed by atoms with Crippen LogP contribution in [-0.2, 0) is 13.0 Å². The summed E-state index contributed by atoms with van der Waals surface area (Å²) in [5.74, 6) is 0. The summed E-state index contributed by atoms with van der Waals surface area (Å²) in [6, 6.07) is 14.3. The molecule has 0 fully saturated rings. The molecule has 0 spiro atoms. The maximum Gasteiger partial charge on any atom is 0.0948 e. The molecular formula is C16H17N3S. The maximum atomic E-state index is 6.35. The molecule has 1 aromatic carbocycles. The lowest BCUT2D eigenvalue weighted by molar-refractivity contribution is 0.640. The monoisotopic (exact) mass is 283 g/mol. The Morgan fingerprint density at radius 2 is 2.00 bits per heavy atom. The van der Waals surface area contributed by atoms with Crippen molar-refractivity contribution in [3.05, 3.63) is 76.5 Å². The molecule has 3 nitrogen and oxygen atoms in total. The molecule has 2 N–H and O–H groups in total. The average Bonchev–Trinajstić information content (AvgIpc) is 3.16. The topological polar surface area (TPSA) is 43.8 Å². The van der Waals surface area contributed by atoms with Crippen molar-refractivity contribution >= 4 is 11.3 Å². The normalized spacial score (nSPS) is 12.4. The van der Waals surface area contributed by atoms with Crippen LogP contribution in [-0.4, -0.2) is 9.55 Å². The van der Waals surface area contributed by atoms with Gasteiger partial charge in [0, 0.05) is 11.4 Å². The Labute approximate surface area is 122 Å². The van der Waals surface area contributed by atoms with Gasteiger partial charge < -0.3 is 10.3 Å². The van der Waals surface area contributed by atoms with Crippen molar-refractivity contribution in [2.45, 2.75) is 19.0 Å². The van der Waals surface area contributed by atoms with E-state index in [2.05, 4.69) is 39.2 Å². The van der Waals surface area contributed by atoms with E-state index in [1.54, 1.807) is 11.3 Å². The first-order valence-electron chi connectivity index (χ1n) is 6.67. The standard InChI is InChI=1S/C16H17N3S/c17-16(13-5-2-1-3-6-13)15-11-18-12-19(15)9-8-14-7-4-10-20-14/h1-7,10-12,16H,8-9,17H2. The van der Waals surface area contributed by atoms with Gasteiger partial charge in [0.25, 0.3) is 0 Å². The zero-order valence-corrected chi connectivity index (χ0v) is 12.0. The Kier molecular flexibility index (Phi) is 3.95. The van der Waals surface area contributed by atoms with E-state index >= 15 is 0 Å². The first-order valence-corrected chi connectivity index (χ1v) is 7.55. The van der Waals surface area contributed by atoms with Crippen molar-refractivity contribution in [1.82, 2.24) is 9.55 Å². The number of benzene rings is 1. The largest absolute Gasteiger partial charge is 0.333 e. The molecule has 0 amide bonds. The van der Waals surface area contributed by atoms with Gasteiger partial charge >= 0.3 is 0 Å². The number of aryl methyl sites for hydroxylation is 2. The molecule has 2 aromatic heterocycles. The summed E-state index contributed by atoms with van der Waals surface area (Å²) in [5.41, 5.74) is 8.53. The van der Waals surface area contributed by atoms with Gasteiger partial charge in [0.1, 0.15) is 0 Å². The summed E-state index contributed by atoms with van der Waals surface area (Å²) in [6.45, 7) is 0.913. The lowest BCUT2D eigenvalue weighted by Gasteiger charge is -2.14.